The second-order valence-electron chi connectivity index (χ2n) is 3.97. The highest BCUT2D eigenvalue weighted by Crippen LogP contribution is 2.24. The molecule has 0 radical (unpaired) electrons. The largest absolute Gasteiger partial charge is 0.442 e. The van der Waals surface area contributed by atoms with Gasteiger partial charge in [0.2, 0.25) is 0 Å². The number of oxazole rings is 1. The summed E-state index contributed by atoms with van der Waals surface area (Å²) in [5.74, 6) is 1.47. The Morgan fingerprint density at radius 2 is 2.31 bits per heavy atom. The molecule has 5 heteroatoms. The molecule has 1 aliphatic heterocycles. The van der Waals surface area contributed by atoms with E-state index in [-0.39, 0.29) is 0 Å². The van der Waals surface area contributed by atoms with Crippen molar-refractivity contribution in [3.05, 3.63) is 23.3 Å². The van der Waals surface area contributed by atoms with Gasteiger partial charge in [-0.05, 0) is 13.8 Å². The van der Waals surface area contributed by atoms with E-state index in [9.17, 15) is 0 Å². The number of aromatic nitrogens is 3. The van der Waals surface area contributed by atoms with Crippen molar-refractivity contribution in [2.75, 3.05) is 0 Å². The van der Waals surface area contributed by atoms with Gasteiger partial charge in [0.05, 0.1) is 17.1 Å². The van der Waals surface area contributed by atoms with E-state index < -0.39 is 0 Å². The first-order valence-electron chi connectivity index (χ1n) is 5.51. The molecule has 1 N–H and O–H groups in total. The average Bonchev–Trinajstić information content (AvgIpc) is 2.90. The maximum absolute atomic E-state index is 5.41. The number of hydrogen-bond acceptors (Lipinski definition) is 4. The minimum Gasteiger partial charge on any atom is -0.442 e. The fourth-order valence-electron chi connectivity index (χ4n) is 2.14. The van der Waals surface area contributed by atoms with E-state index >= 15 is 0 Å². The summed E-state index contributed by atoms with van der Waals surface area (Å²) in [5, 5.41) is 3.29. The van der Waals surface area contributed by atoms with Crippen molar-refractivity contribution < 1.29 is 4.42 Å². The summed E-state index contributed by atoms with van der Waals surface area (Å²) >= 11 is 0. The van der Waals surface area contributed by atoms with E-state index in [1.54, 1.807) is 6.26 Å². The summed E-state index contributed by atoms with van der Waals surface area (Å²) in [6, 6.07) is 0. The Kier molecular flexibility index (Phi) is 2.07. The van der Waals surface area contributed by atoms with Crippen LogP contribution in [0.1, 0.15) is 24.0 Å². The highest BCUT2D eigenvalue weighted by atomic mass is 16.3. The molecule has 0 amide bonds. The number of imidazole rings is 1. The third-order valence-corrected chi connectivity index (χ3v) is 2.87. The molecular weight excluding hydrogens is 204 g/mol. The number of nitrogens with zero attached hydrogens (tertiary/aromatic N) is 3. The molecule has 2 aromatic rings. The Morgan fingerprint density at radius 1 is 1.44 bits per heavy atom. The lowest BCUT2D eigenvalue weighted by Gasteiger charge is -2.04. The molecule has 84 valence electrons. The first-order valence-corrected chi connectivity index (χ1v) is 5.51. The van der Waals surface area contributed by atoms with Crippen LogP contribution in [0.2, 0.25) is 0 Å². The van der Waals surface area contributed by atoms with Gasteiger partial charge >= 0.3 is 0 Å². The van der Waals surface area contributed by atoms with Crippen molar-refractivity contribution >= 4 is 0 Å². The van der Waals surface area contributed by atoms with Gasteiger partial charge in [0, 0.05) is 19.6 Å². The van der Waals surface area contributed by atoms with Crippen molar-refractivity contribution in [2.45, 2.75) is 33.5 Å². The highest BCUT2D eigenvalue weighted by Gasteiger charge is 2.23. The molecule has 0 aliphatic carbocycles. The molecular formula is C11H14N4O. The summed E-state index contributed by atoms with van der Waals surface area (Å²) in [7, 11) is 0. The fraction of sp³-hybridized carbons (Fsp3) is 0.455. The van der Waals surface area contributed by atoms with Gasteiger partial charge in [-0.1, -0.05) is 0 Å². The molecule has 0 saturated carbocycles. The van der Waals surface area contributed by atoms with Crippen LogP contribution in [0, 0.1) is 6.92 Å². The van der Waals surface area contributed by atoms with Crippen LogP contribution in [0.25, 0.3) is 11.7 Å². The smallest absolute Gasteiger partial charge is 0.263 e. The van der Waals surface area contributed by atoms with Gasteiger partial charge < -0.3 is 14.3 Å². The van der Waals surface area contributed by atoms with Crippen LogP contribution in [0.5, 0.6) is 0 Å². The molecule has 1 aliphatic rings. The molecule has 16 heavy (non-hydrogen) atoms. The number of rotatable bonds is 2. The van der Waals surface area contributed by atoms with Crippen LogP contribution in [-0.2, 0) is 19.6 Å². The lowest BCUT2D eigenvalue weighted by atomic mass is 10.4. The fourth-order valence-corrected chi connectivity index (χ4v) is 2.14. The normalized spacial score (nSPS) is 14.4. The average molecular weight is 218 g/mol. The Morgan fingerprint density at radius 3 is 3.00 bits per heavy atom. The van der Waals surface area contributed by atoms with Gasteiger partial charge in [0.15, 0.2) is 5.82 Å². The number of aryl methyl sites for hydroxylation is 1. The maximum atomic E-state index is 5.41. The van der Waals surface area contributed by atoms with Crippen LogP contribution < -0.4 is 5.32 Å². The highest BCUT2D eigenvalue weighted by molar-refractivity contribution is 5.45. The third kappa shape index (κ3) is 1.28. The zero-order chi connectivity index (χ0) is 11.1. The molecule has 0 saturated heterocycles. The van der Waals surface area contributed by atoms with E-state index in [1.165, 1.54) is 5.69 Å². The Bertz CT molecular complexity index is 526. The molecule has 2 aromatic heterocycles. The quantitative estimate of drug-likeness (QED) is 0.829. The van der Waals surface area contributed by atoms with Crippen LogP contribution in [0.15, 0.2) is 10.7 Å². The SMILES string of the molecule is CCn1c(-c2nc(C)co2)nc2c1CNC2. The number of hydrogen-bond donors (Lipinski definition) is 1. The summed E-state index contributed by atoms with van der Waals surface area (Å²) in [4.78, 5) is 8.92. The Balaban J connectivity index is 2.14. The van der Waals surface area contributed by atoms with Gasteiger partial charge in [-0.25, -0.2) is 9.97 Å². The maximum Gasteiger partial charge on any atom is 0.263 e. The van der Waals surface area contributed by atoms with Crippen molar-refractivity contribution in [1.29, 1.82) is 0 Å². The van der Waals surface area contributed by atoms with Gasteiger partial charge in [-0.15, -0.1) is 0 Å². The second-order valence-corrected chi connectivity index (χ2v) is 3.97. The van der Waals surface area contributed by atoms with Gasteiger partial charge in [0.1, 0.15) is 6.26 Å². The second kappa shape index (κ2) is 3.45. The summed E-state index contributed by atoms with van der Waals surface area (Å²) < 4.78 is 7.58. The van der Waals surface area contributed by atoms with E-state index in [2.05, 4.69) is 26.8 Å². The minimum atomic E-state index is 0.619. The summed E-state index contributed by atoms with van der Waals surface area (Å²) in [5.41, 5.74) is 3.26. The predicted molar refractivity (Wildman–Crippen MR) is 58.7 cm³/mol. The van der Waals surface area contributed by atoms with E-state index in [4.69, 9.17) is 4.42 Å². The molecule has 3 rings (SSSR count). The van der Waals surface area contributed by atoms with Crippen molar-refractivity contribution in [2.24, 2.45) is 0 Å². The van der Waals surface area contributed by atoms with Crippen LogP contribution in [0.4, 0.5) is 0 Å². The van der Waals surface area contributed by atoms with Gasteiger partial charge in [-0.2, -0.15) is 0 Å². The van der Waals surface area contributed by atoms with Crippen LogP contribution in [0.3, 0.4) is 0 Å². The van der Waals surface area contributed by atoms with E-state index in [0.717, 1.165) is 36.8 Å². The van der Waals surface area contributed by atoms with Gasteiger partial charge in [0.25, 0.3) is 5.89 Å². The zero-order valence-corrected chi connectivity index (χ0v) is 9.45. The zero-order valence-electron chi connectivity index (χ0n) is 9.45. The molecule has 0 spiro atoms. The van der Waals surface area contributed by atoms with Crippen molar-refractivity contribution in [3.8, 4) is 11.7 Å². The lowest BCUT2D eigenvalue weighted by molar-refractivity contribution is 0.557. The molecule has 0 unspecified atom stereocenters. The number of nitrogens with one attached hydrogen (secondary N) is 1. The first-order chi connectivity index (χ1) is 7.79. The molecule has 0 aromatic carbocycles. The van der Waals surface area contributed by atoms with Crippen LogP contribution in [-0.4, -0.2) is 14.5 Å². The van der Waals surface area contributed by atoms with E-state index in [1.807, 2.05) is 6.92 Å². The van der Waals surface area contributed by atoms with Crippen molar-refractivity contribution in [3.63, 3.8) is 0 Å². The first kappa shape index (κ1) is 9.59. The minimum absolute atomic E-state index is 0.619. The van der Waals surface area contributed by atoms with Crippen molar-refractivity contribution in [1.82, 2.24) is 19.9 Å². The lowest BCUT2D eigenvalue weighted by Crippen LogP contribution is -2.08. The molecule has 5 nitrogen and oxygen atoms in total. The number of fused-ring (bicyclic) bond motifs is 1. The molecule has 0 atom stereocenters. The molecule has 0 fully saturated rings. The predicted octanol–water partition coefficient (Wildman–Crippen LogP) is 1.47. The third-order valence-electron chi connectivity index (χ3n) is 2.87. The van der Waals surface area contributed by atoms with E-state index in [0.29, 0.717) is 5.89 Å². The topological polar surface area (TPSA) is 55.9 Å². The van der Waals surface area contributed by atoms with Crippen LogP contribution >= 0.6 is 0 Å². The monoisotopic (exact) mass is 218 g/mol. The Hall–Kier alpha value is -1.62. The van der Waals surface area contributed by atoms with Gasteiger partial charge in [-0.3, -0.25) is 0 Å². The standard InChI is InChI=1S/C11H14N4O/c1-3-15-9-5-12-4-8(9)14-10(15)11-13-7(2)6-16-11/h6,12H,3-5H2,1-2H3. The summed E-state index contributed by atoms with van der Waals surface area (Å²) in [6.45, 7) is 6.65. The molecule has 3 heterocycles. The molecule has 0 bridgehead atoms. The summed E-state index contributed by atoms with van der Waals surface area (Å²) in [6.07, 6.45) is 1.66. The Labute approximate surface area is 93.5 Å².